The second-order valence-corrected chi connectivity index (χ2v) is 8.44. The summed E-state index contributed by atoms with van der Waals surface area (Å²) in [7, 11) is -2.97. The third-order valence-corrected chi connectivity index (χ3v) is 5.59. The molecule has 0 radical (unpaired) electrons. The molecule has 1 atom stereocenters. The Morgan fingerprint density at radius 3 is 2.13 bits per heavy atom. The molecule has 0 bridgehead atoms. The molecule has 0 amide bonds. The van der Waals surface area contributed by atoms with E-state index in [1.165, 1.54) is 0 Å². The first kappa shape index (κ1) is 15.2. The molecule has 0 heterocycles. The van der Waals surface area contributed by atoms with Gasteiger partial charge in [-0.25, -0.2) is 8.42 Å². The highest BCUT2D eigenvalue weighted by Gasteiger charge is 2.28. The Morgan fingerprint density at radius 2 is 1.73 bits per heavy atom. The van der Waals surface area contributed by atoms with Crippen molar-refractivity contribution in [1.29, 1.82) is 0 Å². The average molecular weight is 255 g/mol. The standard InChI is InChI=1S/C11H23ClO2S/c1-5-7-10(12)8-6-9-15(13,14)11(2,3)4/h10H,5-9H2,1-4H3. The molecule has 2 nitrogen and oxygen atoms in total. The first-order valence-electron chi connectivity index (χ1n) is 5.57. The fourth-order valence-electron chi connectivity index (χ4n) is 1.26. The van der Waals surface area contributed by atoms with E-state index in [2.05, 4.69) is 6.92 Å². The number of hydrogen-bond acceptors (Lipinski definition) is 2. The van der Waals surface area contributed by atoms with E-state index < -0.39 is 14.6 Å². The zero-order valence-electron chi connectivity index (χ0n) is 10.2. The highest BCUT2D eigenvalue weighted by molar-refractivity contribution is 7.92. The van der Waals surface area contributed by atoms with Gasteiger partial charge in [0.15, 0.2) is 9.84 Å². The summed E-state index contributed by atoms with van der Waals surface area (Å²) in [6.07, 6.45) is 3.50. The van der Waals surface area contributed by atoms with Crippen LogP contribution in [0.15, 0.2) is 0 Å². The Hall–Kier alpha value is 0.240. The predicted molar refractivity (Wildman–Crippen MR) is 67.3 cm³/mol. The van der Waals surface area contributed by atoms with Crippen LogP contribution in [0.4, 0.5) is 0 Å². The lowest BCUT2D eigenvalue weighted by atomic mass is 10.2. The molecule has 0 N–H and O–H groups in total. The van der Waals surface area contributed by atoms with Gasteiger partial charge in [-0.1, -0.05) is 13.3 Å². The fraction of sp³-hybridized carbons (Fsp3) is 1.00. The summed E-state index contributed by atoms with van der Waals surface area (Å²) >= 11 is 6.03. The van der Waals surface area contributed by atoms with Crippen molar-refractivity contribution in [3.8, 4) is 0 Å². The van der Waals surface area contributed by atoms with Gasteiger partial charge in [0.25, 0.3) is 0 Å². The molecule has 0 aliphatic rings. The third kappa shape index (κ3) is 5.76. The van der Waals surface area contributed by atoms with Crippen LogP contribution in [-0.2, 0) is 9.84 Å². The second-order valence-electron chi connectivity index (χ2n) is 4.96. The highest BCUT2D eigenvalue weighted by Crippen LogP contribution is 2.19. The summed E-state index contributed by atoms with van der Waals surface area (Å²) in [5.74, 6) is 0.253. The molecule has 0 fully saturated rings. The molecule has 0 aliphatic heterocycles. The Labute approximate surface area is 99.3 Å². The minimum Gasteiger partial charge on any atom is -0.228 e. The van der Waals surface area contributed by atoms with Gasteiger partial charge in [0.1, 0.15) is 0 Å². The molecule has 0 rings (SSSR count). The second kappa shape index (κ2) is 6.09. The van der Waals surface area contributed by atoms with Gasteiger partial charge in [-0.2, -0.15) is 0 Å². The summed E-state index contributed by atoms with van der Waals surface area (Å²) in [5, 5.41) is 0.130. The number of alkyl halides is 1. The van der Waals surface area contributed by atoms with E-state index in [0.717, 1.165) is 19.3 Å². The number of rotatable bonds is 6. The monoisotopic (exact) mass is 254 g/mol. The molecule has 1 unspecified atom stereocenters. The average Bonchev–Trinajstić information content (AvgIpc) is 2.01. The topological polar surface area (TPSA) is 34.1 Å². The first-order chi connectivity index (χ1) is 6.70. The van der Waals surface area contributed by atoms with E-state index in [9.17, 15) is 8.42 Å². The normalized spacial score (nSPS) is 15.3. The number of halogens is 1. The van der Waals surface area contributed by atoms with Gasteiger partial charge in [0, 0.05) is 5.38 Å². The predicted octanol–water partition coefficient (Wildman–Crippen LogP) is 3.39. The Balaban J connectivity index is 3.97. The quantitative estimate of drug-likeness (QED) is 0.681. The van der Waals surface area contributed by atoms with Crippen molar-refractivity contribution in [2.24, 2.45) is 0 Å². The van der Waals surface area contributed by atoms with Crippen molar-refractivity contribution in [2.45, 2.75) is 63.5 Å². The molecule has 0 saturated carbocycles. The zero-order valence-corrected chi connectivity index (χ0v) is 11.8. The van der Waals surface area contributed by atoms with Gasteiger partial charge in [0.05, 0.1) is 10.5 Å². The Morgan fingerprint density at radius 1 is 1.20 bits per heavy atom. The largest absolute Gasteiger partial charge is 0.228 e. The van der Waals surface area contributed by atoms with Gasteiger partial charge in [-0.05, 0) is 40.0 Å². The van der Waals surface area contributed by atoms with E-state index in [1.54, 1.807) is 20.8 Å². The fourth-order valence-corrected chi connectivity index (χ4v) is 2.79. The maximum Gasteiger partial charge on any atom is 0.155 e. The van der Waals surface area contributed by atoms with Gasteiger partial charge >= 0.3 is 0 Å². The lowest BCUT2D eigenvalue weighted by molar-refractivity contribution is 0.554. The van der Waals surface area contributed by atoms with Crippen LogP contribution in [0.2, 0.25) is 0 Å². The van der Waals surface area contributed by atoms with Crippen LogP contribution in [-0.4, -0.2) is 24.3 Å². The van der Waals surface area contributed by atoms with Crippen LogP contribution in [0.5, 0.6) is 0 Å². The van der Waals surface area contributed by atoms with Gasteiger partial charge in [-0.3, -0.25) is 0 Å². The van der Waals surface area contributed by atoms with E-state index in [0.29, 0.717) is 6.42 Å². The highest BCUT2D eigenvalue weighted by atomic mass is 35.5. The van der Waals surface area contributed by atoms with Gasteiger partial charge in [-0.15, -0.1) is 11.6 Å². The van der Waals surface area contributed by atoms with Crippen molar-refractivity contribution >= 4 is 21.4 Å². The van der Waals surface area contributed by atoms with Gasteiger partial charge in [0.2, 0.25) is 0 Å². The lowest BCUT2D eigenvalue weighted by Gasteiger charge is -2.19. The van der Waals surface area contributed by atoms with Crippen molar-refractivity contribution in [1.82, 2.24) is 0 Å². The minimum absolute atomic E-state index is 0.130. The van der Waals surface area contributed by atoms with Crippen molar-refractivity contribution in [3.05, 3.63) is 0 Å². The molecular formula is C11H23ClO2S. The molecule has 92 valence electrons. The van der Waals surface area contributed by atoms with Crippen LogP contribution in [0.25, 0.3) is 0 Å². The van der Waals surface area contributed by atoms with E-state index in [1.807, 2.05) is 0 Å². The molecule has 4 heteroatoms. The molecular weight excluding hydrogens is 232 g/mol. The molecule has 0 aromatic rings. The van der Waals surface area contributed by atoms with Crippen LogP contribution in [0.3, 0.4) is 0 Å². The molecule has 0 aromatic carbocycles. The van der Waals surface area contributed by atoms with E-state index in [-0.39, 0.29) is 11.1 Å². The molecule has 0 spiro atoms. The van der Waals surface area contributed by atoms with Crippen LogP contribution in [0, 0.1) is 0 Å². The molecule has 0 saturated heterocycles. The Bertz CT molecular complexity index is 265. The summed E-state index contributed by atoms with van der Waals surface area (Å²) in [4.78, 5) is 0. The summed E-state index contributed by atoms with van der Waals surface area (Å²) in [6.45, 7) is 7.31. The van der Waals surface area contributed by atoms with Gasteiger partial charge < -0.3 is 0 Å². The first-order valence-corrected chi connectivity index (χ1v) is 7.66. The number of hydrogen-bond donors (Lipinski definition) is 0. The molecule has 0 aliphatic carbocycles. The zero-order chi connectivity index (χ0) is 12.1. The minimum atomic E-state index is -2.97. The lowest BCUT2D eigenvalue weighted by Crippen LogP contribution is -2.30. The maximum atomic E-state index is 11.7. The van der Waals surface area contributed by atoms with Crippen molar-refractivity contribution in [2.75, 3.05) is 5.75 Å². The van der Waals surface area contributed by atoms with Crippen molar-refractivity contribution < 1.29 is 8.42 Å². The maximum absolute atomic E-state index is 11.7. The van der Waals surface area contributed by atoms with Crippen LogP contribution in [0.1, 0.15) is 53.4 Å². The molecule has 15 heavy (non-hydrogen) atoms. The Kier molecular flexibility index (Phi) is 6.19. The van der Waals surface area contributed by atoms with Crippen LogP contribution >= 0.6 is 11.6 Å². The SMILES string of the molecule is CCCC(Cl)CCCS(=O)(=O)C(C)(C)C. The smallest absolute Gasteiger partial charge is 0.155 e. The molecule has 0 aromatic heterocycles. The summed E-state index contributed by atoms with van der Waals surface area (Å²) in [5.41, 5.74) is 0. The third-order valence-electron chi connectivity index (χ3n) is 2.47. The summed E-state index contributed by atoms with van der Waals surface area (Å²) < 4.78 is 22.9. The van der Waals surface area contributed by atoms with Crippen molar-refractivity contribution in [3.63, 3.8) is 0 Å². The van der Waals surface area contributed by atoms with E-state index >= 15 is 0 Å². The van der Waals surface area contributed by atoms with E-state index in [4.69, 9.17) is 11.6 Å². The number of sulfone groups is 1. The van der Waals surface area contributed by atoms with Crippen LogP contribution < -0.4 is 0 Å². The summed E-state index contributed by atoms with van der Waals surface area (Å²) in [6, 6.07) is 0.